The molecule has 9 heavy (non-hydrogen) atoms. The Kier molecular flexibility index (Phi) is 7.05. The smallest absolute Gasteiger partial charge is 0.0316 e. The van der Waals surface area contributed by atoms with Crippen molar-refractivity contribution in [3.63, 3.8) is 0 Å². The van der Waals surface area contributed by atoms with Crippen LogP contribution in [0.5, 0.6) is 0 Å². The second-order valence-electron chi connectivity index (χ2n) is 1.98. The van der Waals surface area contributed by atoms with E-state index in [1.54, 1.807) is 6.08 Å². The van der Waals surface area contributed by atoms with Crippen LogP contribution in [0, 0.1) is 6.42 Å². The van der Waals surface area contributed by atoms with E-state index in [1.807, 2.05) is 6.08 Å². The molecular weight excluding hydrogens is 108 g/mol. The minimum absolute atomic E-state index is 1.08. The Morgan fingerprint density at radius 3 is 2.78 bits per heavy atom. The van der Waals surface area contributed by atoms with Crippen molar-refractivity contribution in [3.8, 4) is 0 Å². The Morgan fingerprint density at radius 2 is 2.22 bits per heavy atom. The van der Waals surface area contributed by atoms with Gasteiger partial charge in [-0.05, 0) is 12.8 Å². The van der Waals surface area contributed by atoms with E-state index in [0.717, 1.165) is 6.42 Å². The molecule has 0 fully saturated rings. The van der Waals surface area contributed by atoms with Crippen molar-refractivity contribution in [1.29, 1.82) is 0 Å². The lowest BCUT2D eigenvalue weighted by atomic mass is 10.2. The Hall–Kier alpha value is -0.520. The van der Waals surface area contributed by atoms with Gasteiger partial charge in [0.2, 0.25) is 0 Å². The minimum Gasteiger partial charge on any atom is -0.0991 e. The fraction of sp³-hybridized carbons (Fsp3) is 0.444. The van der Waals surface area contributed by atoms with E-state index in [9.17, 15) is 0 Å². The molecule has 0 nitrogen and oxygen atoms in total. The zero-order valence-corrected chi connectivity index (χ0v) is 6.14. The molecule has 1 radical (unpaired) electrons. The van der Waals surface area contributed by atoms with Gasteiger partial charge < -0.3 is 0 Å². The van der Waals surface area contributed by atoms with Crippen LogP contribution in [0.4, 0.5) is 0 Å². The fourth-order valence-corrected chi connectivity index (χ4v) is 0.593. The monoisotopic (exact) mass is 123 g/mol. The first-order valence-electron chi connectivity index (χ1n) is 3.51. The van der Waals surface area contributed by atoms with Crippen molar-refractivity contribution < 1.29 is 0 Å². The van der Waals surface area contributed by atoms with Crippen LogP contribution < -0.4 is 0 Å². The van der Waals surface area contributed by atoms with Gasteiger partial charge >= 0.3 is 0 Å². The SMILES string of the molecule is C=C/C=C/C[CH]CCC. The Bertz CT molecular complexity index is 80.0. The molecule has 0 N–H and O–H groups in total. The highest BCUT2D eigenvalue weighted by Crippen LogP contribution is 1.97. The van der Waals surface area contributed by atoms with Crippen LogP contribution in [-0.4, -0.2) is 0 Å². The molecule has 0 spiro atoms. The van der Waals surface area contributed by atoms with E-state index in [1.165, 1.54) is 12.8 Å². The average molecular weight is 123 g/mol. The van der Waals surface area contributed by atoms with Crippen LogP contribution >= 0.6 is 0 Å². The minimum atomic E-state index is 1.08. The molecule has 0 saturated heterocycles. The van der Waals surface area contributed by atoms with Gasteiger partial charge in [0.1, 0.15) is 0 Å². The van der Waals surface area contributed by atoms with Crippen LogP contribution in [0.15, 0.2) is 24.8 Å². The van der Waals surface area contributed by atoms with Crippen molar-refractivity contribution in [2.75, 3.05) is 0 Å². The largest absolute Gasteiger partial charge is 0.0991 e. The van der Waals surface area contributed by atoms with Gasteiger partial charge in [0, 0.05) is 0 Å². The second kappa shape index (κ2) is 7.48. The first-order valence-corrected chi connectivity index (χ1v) is 3.51. The summed E-state index contributed by atoms with van der Waals surface area (Å²) in [7, 11) is 0. The van der Waals surface area contributed by atoms with E-state index in [-0.39, 0.29) is 0 Å². The van der Waals surface area contributed by atoms with Gasteiger partial charge in [-0.3, -0.25) is 0 Å². The summed E-state index contributed by atoms with van der Waals surface area (Å²) in [4.78, 5) is 0. The standard InChI is InChI=1S/C9H15/c1-3-5-7-9-8-6-4-2/h3,5,7-8H,1,4,6,9H2,2H3/b7-5+. The van der Waals surface area contributed by atoms with E-state index in [0.29, 0.717) is 0 Å². The summed E-state index contributed by atoms with van der Waals surface area (Å²) < 4.78 is 0. The fourth-order valence-electron chi connectivity index (χ4n) is 0.593. The van der Waals surface area contributed by atoms with Crippen molar-refractivity contribution in [2.24, 2.45) is 0 Å². The van der Waals surface area contributed by atoms with Crippen LogP contribution in [0.1, 0.15) is 26.2 Å². The zero-order valence-electron chi connectivity index (χ0n) is 6.14. The molecule has 0 saturated carbocycles. The molecule has 51 valence electrons. The molecule has 0 aliphatic carbocycles. The maximum Gasteiger partial charge on any atom is -0.0316 e. The van der Waals surface area contributed by atoms with Crippen LogP contribution in [-0.2, 0) is 0 Å². The van der Waals surface area contributed by atoms with Gasteiger partial charge in [0.05, 0.1) is 0 Å². The lowest BCUT2D eigenvalue weighted by Crippen LogP contribution is -1.70. The molecular formula is C9H15. The highest BCUT2D eigenvalue weighted by atomic mass is 13.8. The molecule has 0 aromatic heterocycles. The quantitative estimate of drug-likeness (QED) is 0.389. The highest BCUT2D eigenvalue weighted by Gasteiger charge is 1.79. The molecule has 0 aliphatic rings. The predicted molar refractivity (Wildman–Crippen MR) is 43.2 cm³/mol. The molecule has 0 heterocycles. The molecule has 0 aliphatic heterocycles. The number of hydrogen-bond donors (Lipinski definition) is 0. The molecule has 0 amide bonds. The summed E-state index contributed by atoms with van der Waals surface area (Å²) in [5, 5.41) is 0. The van der Waals surface area contributed by atoms with Crippen molar-refractivity contribution in [2.45, 2.75) is 26.2 Å². The molecule has 0 bridgehead atoms. The van der Waals surface area contributed by atoms with E-state index in [2.05, 4.69) is 26.0 Å². The lowest BCUT2D eigenvalue weighted by Gasteiger charge is -1.88. The molecule has 0 aromatic carbocycles. The summed E-state index contributed by atoms with van der Waals surface area (Å²) in [6, 6.07) is 0. The Balaban J connectivity index is 2.90. The number of rotatable bonds is 5. The number of hydrogen-bond acceptors (Lipinski definition) is 0. The highest BCUT2D eigenvalue weighted by molar-refractivity contribution is 4.98. The lowest BCUT2D eigenvalue weighted by molar-refractivity contribution is 0.874. The second-order valence-corrected chi connectivity index (χ2v) is 1.98. The first kappa shape index (κ1) is 8.48. The molecule has 0 unspecified atom stereocenters. The predicted octanol–water partition coefficient (Wildman–Crippen LogP) is 3.12. The average Bonchev–Trinajstić information content (AvgIpc) is 1.89. The maximum absolute atomic E-state index is 3.58. The topological polar surface area (TPSA) is 0 Å². The molecule has 0 atom stereocenters. The van der Waals surface area contributed by atoms with Gasteiger partial charge in [-0.1, -0.05) is 44.6 Å². The summed E-state index contributed by atoms with van der Waals surface area (Å²) in [5.41, 5.74) is 0. The number of allylic oxidation sites excluding steroid dienone is 3. The maximum atomic E-state index is 3.58. The van der Waals surface area contributed by atoms with Gasteiger partial charge in [-0.2, -0.15) is 0 Å². The third-order valence-corrected chi connectivity index (χ3v) is 1.07. The number of unbranched alkanes of at least 4 members (excludes halogenated alkanes) is 3. The van der Waals surface area contributed by atoms with E-state index >= 15 is 0 Å². The first-order chi connectivity index (χ1) is 4.41. The van der Waals surface area contributed by atoms with Crippen LogP contribution in [0.25, 0.3) is 0 Å². The van der Waals surface area contributed by atoms with Gasteiger partial charge in [0.25, 0.3) is 0 Å². The van der Waals surface area contributed by atoms with Crippen LogP contribution in [0.3, 0.4) is 0 Å². The van der Waals surface area contributed by atoms with Gasteiger partial charge in [-0.25, -0.2) is 0 Å². The normalized spacial score (nSPS) is 10.3. The Morgan fingerprint density at radius 1 is 1.44 bits per heavy atom. The van der Waals surface area contributed by atoms with E-state index < -0.39 is 0 Å². The molecule has 0 rings (SSSR count). The summed E-state index contributed by atoms with van der Waals surface area (Å²) in [6.07, 6.45) is 11.7. The van der Waals surface area contributed by atoms with Gasteiger partial charge in [-0.15, -0.1) is 0 Å². The zero-order chi connectivity index (χ0) is 6.95. The molecule has 0 aromatic rings. The van der Waals surface area contributed by atoms with Gasteiger partial charge in [0.15, 0.2) is 0 Å². The summed E-state index contributed by atoms with van der Waals surface area (Å²) in [6.45, 7) is 5.77. The summed E-state index contributed by atoms with van der Waals surface area (Å²) >= 11 is 0. The third kappa shape index (κ3) is 7.48. The van der Waals surface area contributed by atoms with Crippen molar-refractivity contribution in [3.05, 3.63) is 31.2 Å². The van der Waals surface area contributed by atoms with Crippen molar-refractivity contribution in [1.82, 2.24) is 0 Å². The van der Waals surface area contributed by atoms with Crippen molar-refractivity contribution >= 4 is 0 Å². The molecule has 0 heteroatoms. The van der Waals surface area contributed by atoms with E-state index in [4.69, 9.17) is 0 Å². The van der Waals surface area contributed by atoms with Crippen LogP contribution in [0.2, 0.25) is 0 Å². The Labute approximate surface area is 58.3 Å². The summed E-state index contributed by atoms with van der Waals surface area (Å²) in [5.74, 6) is 0. The third-order valence-electron chi connectivity index (χ3n) is 1.07.